The molecule has 0 saturated carbocycles. The molecule has 1 rings (SSSR count). The monoisotopic (exact) mass is 271 g/mol. The van der Waals surface area contributed by atoms with Crippen molar-refractivity contribution in [3.63, 3.8) is 0 Å². The smallest absolute Gasteiger partial charge is 0.163 e. The predicted octanol–water partition coefficient (Wildman–Crippen LogP) is 4.26. The molecule has 76 valence electrons. The van der Waals surface area contributed by atoms with Crippen LogP contribution in [0, 0.1) is 0 Å². The molecule has 1 heterocycles. The summed E-state index contributed by atoms with van der Waals surface area (Å²) in [6, 6.07) is 0. The highest BCUT2D eigenvalue weighted by Crippen LogP contribution is 2.40. The Morgan fingerprint density at radius 3 is 2.07 bits per heavy atom. The van der Waals surface area contributed by atoms with Crippen molar-refractivity contribution in [3.8, 4) is 5.75 Å². The minimum absolute atomic E-state index is 0.0557. The first-order chi connectivity index (χ1) is 6.57. The van der Waals surface area contributed by atoms with E-state index in [1.807, 2.05) is 0 Å². The molecule has 0 aromatic carbocycles. The SMILES string of the molecule is C=CCOc1c(Cl)c(Cl)nc(Cl)c1Cl. The van der Waals surface area contributed by atoms with Gasteiger partial charge in [-0.15, -0.1) is 0 Å². The molecule has 0 fully saturated rings. The quantitative estimate of drug-likeness (QED) is 0.606. The Balaban J connectivity index is 3.17. The van der Waals surface area contributed by atoms with Crippen LogP contribution in [0.1, 0.15) is 0 Å². The molecule has 0 aliphatic rings. The maximum absolute atomic E-state index is 5.81. The van der Waals surface area contributed by atoms with Crippen molar-refractivity contribution >= 4 is 46.4 Å². The van der Waals surface area contributed by atoms with E-state index in [4.69, 9.17) is 51.1 Å². The number of aromatic nitrogens is 1. The van der Waals surface area contributed by atoms with Gasteiger partial charge in [-0.1, -0.05) is 59.1 Å². The molecule has 0 radical (unpaired) electrons. The van der Waals surface area contributed by atoms with Crippen molar-refractivity contribution in [1.29, 1.82) is 0 Å². The Morgan fingerprint density at radius 1 is 1.14 bits per heavy atom. The van der Waals surface area contributed by atoms with Gasteiger partial charge in [-0.25, -0.2) is 4.98 Å². The first-order valence-corrected chi connectivity index (χ1v) is 5.02. The van der Waals surface area contributed by atoms with Gasteiger partial charge in [-0.3, -0.25) is 0 Å². The summed E-state index contributed by atoms with van der Waals surface area (Å²) >= 11 is 23.0. The normalized spacial score (nSPS) is 10.0. The summed E-state index contributed by atoms with van der Waals surface area (Å²) in [6.07, 6.45) is 1.55. The summed E-state index contributed by atoms with van der Waals surface area (Å²) in [7, 11) is 0. The highest BCUT2D eigenvalue weighted by Gasteiger charge is 2.16. The average Bonchev–Trinajstić information content (AvgIpc) is 2.15. The fourth-order valence-corrected chi connectivity index (χ4v) is 1.55. The van der Waals surface area contributed by atoms with Crippen molar-refractivity contribution in [2.75, 3.05) is 6.61 Å². The second kappa shape index (κ2) is 5.08. The minimum atomic E-state index is 0.0557. The van der Waals surface area contributed by atoms with Gasteiger partial charge in [0.05, 0.1) is 0 Å². The molecular weight excluding hydrogens is 268 g/mol. The summed E-state index contributed by atoms with van der Waals surface area (Å²) in [4.78, 5) is 3.70. The Morgan fingerprint density at radius 2 is 1.64 bits per heavy atom. The van der Waals surface area contributed by atoms with Gasteiger partial charge in [-0.05, 0) is 0 Å². The molecular formula is C8H5Cl4NO. The summed E-state index contributed by atoms with van der Waals surface area (Å²) in [5.41, 5.74) is 0. The van der Waals surface area contributed by atoms with Gasteiger partial charge in [-0.2, -0.15) is 0 Å². The standard InChI is InChI=1S/C8H5Cl4NO/c1-2-3-14-6-4(9)7(11)13-8(12)5(6)10/h2H,1,3H2. The molecule has 0 aliphatic heterocycles. The van der Waals surface area contributed by atoms with E-state index < -0.39 is 0 Å². The molecule has 0 aliphatic carbocycles. The van der Waals surface area contributed by atoms with Gasteiger partial charge in [0.15, 0.2) is 16.1 Å². The lowest BCUT2D eigenvalue weighted by molar-refractivity contribution is 0.363. The molecule has 0 atom stereocenters. The van der Waals surface area contributed by atoms with Crippen LogP contribution in [0.4, 0.5) is 0 Å². The average molecular weight is 273 g/mol. The van der Waals surface area contributed by atoms with E-state index in [2.05, 4.69) is 11.6 Å². The molecule has 0 unspecified atom stereocenters. The zero-order valence-electron chi connectivity index (χ0n) is 6.86. The molecule has 0 N–H and O–H groups in total. The fourth-order valence-electron chi connectivity index (χ4n) is 0.737. The summed E-state index contributed by atoms with van der Waals surface area (Å²) in [5.74, 6) is 0.221. The van der Waals surface area contributed by atoms with Crippen molar-refractivity contribution in [1.82, 2.24) is 4.98 Å². The number of rotatable bonds is 3. The van der Waals surface area contributed by atoms with Gasteiger partial charge < -0.3 is 4.74 Å². The maximum Gasteiger partial charge on any atom is 0.163 e. The molecule has 2 nitrogen and oxygen atoms in total. The number of hydrogen-bond donors (Lipinski definition) is 0. The highest BCUT2D eigenvalue weighted by molar-refractivity contribution is 6.47. The summed E-state index contributed by atoms with van der Waals surface area (Å²) in [5, 5.41) is 0.395. The van der Waals surface area contributed by atoms with Gasteiger partial charge in [0, 0.05) is 0 Å². The van der Waals surface area contributed by atoms with Crippen molar-refractivity contribution in [2.45, 2.75) is 0 Å². The number of halogens is 4. The van der Waals surface area contributed by atoms with Crippen LogP contribution in [-0.4, -0.2) is 11.6 Å². The van der Waals surface area contributed by atoms with E-state index in [-0.39, 0.29) is 32.7 Å². The molecule has 0 bridgehead atoms. The lowest BCUT2D eigenvalue weighted by Crippen LogP contribution is -1.96. The largest absolute Gasteiger partial charge is 0.486 e. The van der Waals surface area contributed by atoms with Gasteiger partial charge in [0.25, 0.3) is 0 Å². The lowest BCUT2D eigenvalue weighted by Gasteiger charge is -2.09. The van der Waals surface area contributed by atoms with Crippen LogP contribution < -0.4 is 4.74 Å². The topological polar surface area (TPSA) is 22.1 Å². The van der Waals surface area contributed by atoms with E-state index in [1.54, 1.807) is 6.08 Å². The van der Waals surface area contributed by atoms with Crippen LogP contribution in [0.15, 0.2) is 12.7 Å². The Kier molecular flexibility index (Phi) is 4.32. The Hall–Kier alpha value is -0.150. The van der Waals surface area contributed by atoms with Crippen molar-refractivity contribution < 1.29 is 4.74 Å². The van der Waals surface area contributed by atoms with Gasteiger partial charge >= 0.3 is 0 Å². The summed E-state index contributed by atoms with van der Waals surface area (Å²) < 4.78 is 5.19. The lowest BCUT2D eigenvalue weighted by atomic mass is 10.4. The molecule has 0 spiro atoms. The number of nitrogens with zero attached hydrogens (tertiary/aromatic N) is 1. The van der Waals surface area contributed by atoms with Gasteiger partial charge in [0.2, 0.25) is 0 Å². The van der Waals surface area contributed by atoms with E-state index in [1.165, 1.54) is 0 Å². The molecule has 0 saturated heterocycles. The third kappa shape index (κ3) is 2.45. The van der Waals surface area contributed by atoms with Crippen LogP contribution in [0.2, 0.25) is 20.4 Å². The predicted molar refractivity (Wildman–Crippen MR) is 60.0 cm³/mol. The summed E-state index contributed by atoms with van der Waals surface area (Å²) in [6.45, 7) is 3.75. The zero-order valence-corrected chi connectivity index (χ0v) is 9.88. The third-order valence-corrected chi connectivity index (χ3v) is 2.74. The first kappa shape index (κ1) is 11.9. The molecule has 1 aromatic heterocycles. The van der Waals surface area contributed by atoms with Crippen molar-refractivity contribution in [3.05, 3.63) is 33.0 Å². The zero-order chi connectivity index (χ0) is 10.7. The number of hydrogen-bond acceptors (Lipinski definition) is 2. The van der Waals surface area contributed by atoms with E-state index >= 15 is 0 Å². The number of pyridine rings is 1. The van der Waals surface area contributed by atoms with Crippen LogP contribution in [0.3, 0.4) is 0 Å². The molecule has 0 amide bonds. The second-order valence-corrected chi connectivity index (χ2v) is 3.72. The molecule has 6 heteroatoms. The number of ether oxygens (including phenoxy) is 1. The Labute approximate surface area is 101 Å². The molecule has 14 heavy (non-hydrogen) atoms. The maximum atomic E-state index is 5.81. The van der Waals surface area contributed by atoms with E-state index in [0.717, 1.165) is 0 Å². The molecule has 1 aromatic rings. The van der Waals surface area contributed by atoms with Crippen LogP contribution in [0.5, 0.6) is 5.75 Å². The van der Waals surface area contributed by atoms with Crippen molar-refractivity contribution in [2.24, 2.45) is 0 Å². The second-order valence-electron chi connectivity index (χ2n) is 2.25. The first-order valence-electron chi connectivity index (χ1n) is 3.51. The third-order valence-electron chi connectivity index (χ3n) is 1.30. The minimum Gasteiger partial charge on any atom is -0.486 e. The van der Waals surface area contributed by atoms with Crippen LogP contribution in [-0.2, 0) is 0 Å². The fraction of sp³-hybridized carbons (Fsp3) is 0.125. The van der Waals surface area contributed by atoms with Crippen LogP contribution >= 0.6 is 46.4 Å². The highest BCUT2D eigenvalue weighted by atomic mass is 35.5. The Bertz CT molecular complexity index is 341. The van der Waals surface area contributed by atoms with Gasteiger partial charge in [0.1, 0.15) is 16.7 Å². The van der Waals surface area contributed by atoms with Crippen LogP contribution in [0.25, 0.3) is 0 Å². The van der Waals surface area contributed by atoms with E-state index in [9.17, 15) is 0 Å². The van der Waals surface area contributed by atoms with E-state index in [0.29, 0.717) is 0 Å².